The second kappa shape index (κ2) is 4.60. The molecular weight excluding hydrogens is 245 g/mol. The fraction of sp³-hybridized carbons (Fsp3) is 0.533. The second-order valence-corrected chi connectivity index (χ2v) is 5.72. The van der Waals surface area contributed by atoms with Crippen LogP contribution < -0.4 is 0 Å². The molecule has 3 rings (SSSR count). The molecule has 2 heterocycles. The first kappa shape index (κ1) is 12.6. The molecule has 3 unspecified atom stereocenters. The summed E-state index contributed by atoms with van der Waals surface area (Å²) in [6.07, 6.45) is 2.88. The Bertz CT molecular complexity index is 487. The summed E-state index contributed by atoms with van der Waals surface area (Å²) >= 11 is 0. The maximum Gasteiger partial charge on any atom is 0.308 e. The van der Waals surface area contributed by atoms with E-state index in [2.05, 4.69) is 4.90 Å². The number of nitrogens with zero attached hydrogens (tertiary/aromatic N) is 1. The smallest absolute Gasteiger partial charge is 0.308 e. The van der Waals surface area contributed by atoms with Crippen molar-refractivity contribution in [2.75, 3.05) is 7.05 Å². The molecule has 2 fully saturated rings. The van der Waals surface area contributed by atoms with Gasteiger partial charge in [-0.2, -0.15) is 0 Å². The highest BCUT2D eigenvalue weighted by Gasteiger charge is 2.49. The number of halogens is 1. The van der Waals surface area contributed by atoms with Gasteiger partial charge in [0.2, 0.25) is 0 Å². The Labute approximate surface area is 112 Å². The van der Waals surface area contributed by atoms with E-state index in [0.29, 0.717) is 6.04 Å². The van der Waals surface area contributed by atoms with Crippen LogP contribution in [0.4, 0.5) is 4.39 Å². The molecule has 0 aliphatic carbocycles. The highest BCUT2D eigenvalue weighted by Crippen LogP contribution is 2.46. The monoisotopic (exact) mass is 263 g/mol. The van der Waals surface area contributed by atoms with Gasteiger partial charge >= 0.3 is 5.97 Å². The highest BCUT2D eigenvalue weighted by molar-refractivity contribution is 5.73. The number of rotatable bonds is 2. The van der Waals surface area contributed by atoms with Crippen LogP contribution in [0.25, 0.3) is 0 Å². The normalized spacial score (nSPS) is 34.4. The third-order valence-corrected chi connectivity index (χ3v) is 4.85. The van der Waals surface area contributed by atoms with E-state index in [4.69, 9.17) is 0 Å². The zero-order chi connectivity index (χ0) is 13.6. The lowest BCUT2D eigenvalue weighted by Gasteiger charge is -2.41. The van der Waals surface area contributed by atoms with Gasteiger partial charge in [0.1, 0.15) is 5.82 Å². The molecule has 0 aromatic heterocycles. The molecule has 1 aromatic rings. The number of fused-ring (bicyclic) bond motifs is 2. The molecule has 2 aliphatic rings. The van der Waals surface area contributed by atoms with Crippen LogP contribution in [-0.4, -0.2) is 35.1 Å². The summed E-state index contributed by atoms with van der Waals surface area (Å²) in [6, 6.07) is 6.91. The van der Waals surface area contributed by atoms with Crippen LogP contribution in [-0.2, 0) is 4.79 Å². The van der Waals surface area contributed by atoms with Crippen LogP contribution >= 0.6 is 0 Å². The Morgan fingerprint density at radius 2 is 2.00 bits per heavy atom. The van der Waals surface area contributed by atoms with Gasteiger partial charge in [0.05, 0.1) is 5.92 Å². The minimum absolute atomic E-state index is 0.00630. The van der Waals surface area contributed by atoms with Gasteiger partial charge < -0.3 is 5.11 Å². The van der Waals surface area contributed by atoms with E-state index in [1.165, 1.54) is 12.1 Å². The van der Waals surface area contributed by atoms with Crippen molar-refractivity contribution in [3.05, 3.63) is 35.6 Å². The first-order valence-corrected chi connectivity index (χ1v) is 6.78. The van der Waals surface area contributed by atoms with Crippen LogP contribution in [0.2, 0.25) is 0 Å². The van der Waals surface area contributed by atoms with Crippen molar-refractivity contribution >= 4 is 5.97 Å². The van der Waals surface area contributed by atoms with E-state index in [9.17, 15) is 14.3 Å². The van der Waals surface area contributed by atoms with E-state index in [1.54, 1.807) is 12.1 Å². The number of carboxylic acids is 1. The summed E-state index contributed by atoms with van der Waals surface area (Å²) in [5.74, 6) is -1.38. The number of piperidine rings is 1. The van der Waals surface area contributed by atoms with E-state index < -0.39 is 5.97 Å². The Balaban J connectivity index is 1.95. The van der Waals surface area contributed by atoms with Crippen molar-refractivity contribution in [3.8, 4) is 0 Å². The molecular formula is C15H18FNO2. The molecule has 0 saturated carbocycles. The van der Waals surface area contributed by atoms with Crippen molar-refractivity contribution in [1.29, 1.82) is 0 Å². The molecule has 4 atom stereocenters. The summed E-state index contributed by atoms with van der Waals surface area (Å²) in [6.45, 7) is 0. The number of hydrogen-bond donors (Lipinski definition) is 1. The summed E-state index contributed by atoms with van der Waals surface area (Å²) in [7, 11) is 2.03. The molecule has 2 bridgehead atoms. The molecule has 0 radical (unpaired) electrons. The quantitative estimate of drug-likeness (QED) is 0.891. The minimum Gasteiger partial charge on any atom is -0.481 e. The molecule has 1 aromatic carbocycles. The van der Waals surface area contributed by atoms with E-state index >= 15 is 0 Å². The second-order valence-electron chi connectivity index (χ2n) is 5.72. The van der Waals surface area contributed by atoms with Gasteiger partial charge in [0, 0.05) is 18.0 Å². The summed E-state index contributed by atoms with van der Waals surface area (Å²) in [4.78, 5) is 13.9. The van der Waals surface area contributed by atoms with Gasteiger partial charge in [-0.05, 0) is 44.0 Å². The molecule has 102 valence electrons. The molecule has 0 spiro atoms. The van der Waals surface area contributed by atoms with Crippen LogP contribution in [0.3, 0.4) is 0 Å². The van der Waals surface area contributed by atoms with Gasteiger partial charge in [-0.25, -0.2) is 4.39 Å². The van der Waals surface area contributed by atoms with Gasteiger partial charge in [-0.15, -0.1) is 0 Å². The van der Waals surface area contributed by atoms with Gasteiger partial charge in [-0.3, -0.25) is 9.69 Å². The van der Waals surface area contributed by atoms with E-state index in [-0.39, 0.29) is 23.7 Å². The molecule has 3 nitrogen and oxygen atoms in total. The van der Waals surface area contributed by atoms with Crippen molar-refractivity contribution in [2.24, 2.45) is 5.92 Å². The van der Waals surface area contributed by atoms with Gasteiger partial charge in [0.25, 0.3) is 0 Å². The highest BCUT2D eigenvalue weighted by atomic mass is 19.1. The lowest BCUT2D eigenvalue weighted by molar-refractivity contribution is -0.146. The predicted molar refractivity (Wildman–Crippen MR) is 69.5 cm³/mol. The molecule has 0 amide bonds. The topological polar surface area (TPSA) is 40.5 Å². The van der Waals surface area contributed by atoms with Crippen LogP contribution in [0.5, 0.6) is 0 Å². The predicted octanol–water partition coefficient (Wildman–Crippen LogP) is 2.48. The lowest BCUT2D eigenvalue weighted by atomic mass is 9.76. The average Bonchev–Trinajstić information content (AvgIpc) is 2.63. The van der Waals surface area contributed by atoms with E-state index in [1.807, 2.05) is 7.05 Å². The number of carboxylic acid groups (broad SMARTS) is 1. The van der Waals surface area contributed by atoms with Crippen LogP contribution in [0.15, 0.2) is 24.3 Å². The average molecular weight is 263 g/mol. The Morgan fingerprint density at radius 3 is 2.63 bits per heavy atom. The number of aliphatic carboxylic acids is 1. The number of hydrogen-bond acceptors (Lipinski definition) is 2. The Morgan fingerprint density at radius 1 is 1.32 bits per heavy atom. The minimum atomic E-state index is -0.730. The summed E-state index contributed by atoms with van der Waals surface area (Å²) in [5, 5.41) is 9.56. The first-order valence-electron chi connectivity index (χ1n) is 6.78. The third-order valence-electron chi connectivity index (χ3n) is 4.85. The van der Waals surface area contributed by atoms with Gasteiger partial charge in [0.15, 0.2) is 0 Å². The molecule has 4 heteroatoms. The maximum absolute atomic E-state index is 13.0. The number of carbonyl (C=O) groups is 1. The molecule has 2 aliphatic heterocycles. The maximum atomic E-state index is 13.0. The van der Waals surface area contributed by atoms with E-state index in [0.717, 1.165) is 24.8 Å². The molecule has 1 N–H and O–H groups in total. The Hall–Kier alpha value is -1.42. The fourth-order valence-electron chi connectivity index (χ4n) is 3.86. The van der Waals surface area contributed by atoms with Gasteiger partial charge in [-0.1, -0.05) is 12.1 Å². The standard InChI is InChI=1S/C15H18FNO2/c1-17-11-6-7-13(17)14(15(18)19)12(8-11)9-2-4-10(16)5-3-9/h2-5,11-14H,6-8H2,1H3,(H,18,19)/t11?,12?,13-,14?/m1/s1. The summed E-state index contributed by atoms with van der Waals surface area (Å²) < 4.78 is 13.0. The SMILES string of the molecule is CN1C2CC[C@@H]1C(C(=O)O)C(c1ccc(F)cc1)C2. The van der Waals surface area contributed by atoms with Crippen molar-refractivity contribution < 1.29 is 14.3 Å². The first-order chi connectivity index (χ1) is 9.08. The van der Waals surface area contributed by atoms with Crippen molar-refractivity contribution in [2.45, 2.75) is 37.3 Å². The Kier molecular flexibility index (Phi) is 3.05. The van der Waals surface area contributed by atoms with Crippen molar-refractivity contribution in [1.82, 2.24) is 4.90 Å². The zero-order valence-corrected chi connectivity index (χ0v) is 10.9. The zero-order valence-electron chi connectivity index (χ0n) is 10.9. The third kappa shape index (κ3) is 2.04. The fourth-order valence-corrected chi connectivity index (χ4v) is 3.86. The largest absolute Gasteiger partial charge is 0.481 e. The molecule has 19 heavy (non-hydrogen) atoms. The number of benzene rings is 1. The lowest BCUT2D eigenvalue weighted by Crippen LogP contribution is -2.48. The van der Waals surface area contributed by atoms with Crippen molar-refractivity contribution in [3.63, 3.8) is 0 Å². The summed E-state index contributed by atoms with van der Waals surface area (Å²) in [5.41, 5.74) is 0.957. The van der Waals surface area contributed by atoms with Crippen LogP contribution in [0, 0.1) is 11.7 Å². The van der Waals surface area contributed by atoms with Crippen LogP contribution in [0.1, 0.15) is 30.7 Å². The molecule has 2 saturated heterocycles.